The molecule has 18 heavy (non-hydrogen) atoms. The van der Waals surface area contributed by atoms with Crippen LogP contribution in [0.3, 0.4) is 0 Å². The van der Waals surface area contributed by atoms with E-state index in [9.17, 15) is 0 Å². The number of nitrogens with one attached hydrogen (secondary N) is 1. The molecule has 1 aromatic rings. The Hall–Kier alpha value is -1.22. The summed E-state index contributed by atoms with van der Waals surface area (Å²) in [5.74, 6) is 1.73. The standard InChI is InChI=1S/C15H25NO2/c1-4-5-12-17-14-9-6-7-10-15(14)18-13-8-11-16(2)3/h6-7,9-10H,4-5,8,11-13H2,1-3H3/p+1. The molecule has 1 aromatic carbocycles. The van der Waals surface area contributed by atoms with E-state index in [1.165, 1.54) is 4.90 Å². The first-order valence-corrected chi connectivity index (χ1v) is 6.87. The highest BCUT2D eigenvalue weighted by molar-refractivity contribution is 5.39. The van der Waals surface area contributed by atoms with Crippen LogP contribution in [0.15, 0.2) is 24.3 Å². The monoisotopic (exact) mass is 252 g/mol. The van der Waals surface area contributed by atoms with Gasteiger partial charge < -0.3 is 14.4 Å². The van der Waals surface area contributed by atoms with Crippen molar-refractivity contribution in [2.75, 3.05) is 33.9 Å². The molecular weight excluding hydrogens is 226 g/mol. The van der Waals surface area contributed by atoms with Crippen LogP contribution in [0.4, 0.5) is 0 Å². The lowest BCUT2D eigenvalue weighted by Crippen LogP contribution is -3.05. The lowest BCUT2D eigenvalue weighted by molar-refractivity contribution is -0.858. The molecule has 0 aromatic heterocycles. The van der Waals surface area contributed by atoms with E-state index in [4.69, 9.17) is 9.47 Å². The number of unbranched alkanes of at least 4 members (excludes halogenated alkanes) is 1. The molecule has 0 heterocycles. The van der Waals surface area contributed by atoms with E-state index in [2.05, 4.69) is 21.0 Å². The smallest absolute Gasteiger partial charge is 0.161 e. The minimum Gasteiger partial charge on any atom is -0.490 e. The zero-order valence-corrected chi connectivity index (χ0v) is 11.9. The summed E-state index contributed by atoms with van der Waals surface area (Å²) in [6.07, 6.45) is 3.29. The van der Waals surface area contributed by atoms with Crippen LogP contribution in [-0.2, 0) is 0 Å². The second-order valence-corrected chi connectivity index (χ2v) is 4.81. The maximum absolute atomic E-state index is 5.78. The Labute approximate surface area is 111 Å². The Bertz CT molecular complexity index is 326. The molecule has 0 fully saturated rings. The molecule has 0 bridgehead atoms. The Morgan fingerprint density at radius 2 is 1.50 bits per heavy atom. The summed E-state index contributed by atoms with van der Waals surface area (Å²) in [7, 11) is 4.31. The van der Waals surface area contributed by atoms with Crippen LogP contribution in [0.2, 0.25) is 0 Å². The number of hydrogen-bond acceptors (Lipinski definition) is 2. The fraction of sp³-hybridized carbons (Fsp3) is 0.600. The molecule has 0 aliphatic heterocycles. The molecule has 3 nitrogen and oxygen atoms in total. The molecule has 0 aliphatic rings. The van der Waals surface area contributed by atoms with Crippen LogP contribution >= 0.6 is 0 Å². The normalized spacial score (nSPS) is 10.7. The molecule has 0 amide bonds. The fourth-order valence-electron chi connectivity index (χ4n) is 1.62. The van der Waals surface area contributed by atoms with E-state index in [0.717, 1.165) is 50.5 Å². The summed E-state index contributed by atoms with van der Waals surface area (Å²) in [6, 6.07) is 7.92. The highest BCUT2D eigenvalue weighted by Crippen LogP contribution is 2.26. The Balaban J connectivity index is 2.38. The maximum Gasteiger partial charge on any atom is 0.161 e. The van der Waals surface area contributed by atoms with Crippen molar-refractivity contribution in [3.63, 3.8) is 0 Å². The third-order valence-electron chi connectivity index (χ3n) is 2.68. The first kappa shape index (κ1) is 14.8. The third-order valence-corrected chi connectivity index (χ3v) is 2.68. The molecule has 0 saturated heterocycles. The predicted molar refractivity (Wildman–Crippen MR) is 74.6 cm³/mol. The van der Waals surface area contributed by atoms with Crippen LogP contribution in [0.5, 0.6) is 11.5 Å². The number of hydrogen-bond donors (Lipinski definition) is 1. The van der Waals surface area contributed by atoms with Gasteiger partial charge >= 0.3 is 0 Å². The molecule has 0 aliphatic carbocycles. The van der Waals surface area contributed by atoms with Crippen molar-refractivity contribution in [1.82, 2.24) is 0 Å². The van der Waals surface area contributed by atoms with Crippen molar-refractivity contribution in [2.45, 2.75) is 26.2 Å². The molecule has 0 radical (unpaired) electrons. The van der Waals surface area contributed by atoms with Gasteiger partial charge in [0.15, 0.2) is 11.5 Å². The number of benzene rings is 1. The van der Waals surface area contributed by atoms with Crippen molar-refractivity contribution in [2.24, 2.45) is 0 Å². The topological polar surface area (TPSA) is 22.9 Å². The third kappa shape index (κ3) is 5.92. The molecule has 1 rings (SSSR count). The summed E-state index contributed by atoms with van der Waals surface area (Å²) >= 11 is 0. The summed E-state index contributed by atoms with van der Waals surface area (Å²) in [5.41, 5.74) is 0. The van der Waals surface area contributed by atoms with Gasteiger partial charge in [-0.1, -0.05) is 25.5 Å². The first-order chi connectivity index (χ1) is 8.74. The SMILES string of the molecule is CCCCOc1ccccc1OCCC[NH+](C)C. The largest absolute Gasteiger partial charge is 0.490 e. The van der Waals surface area contributed by atoms with Gasteiger partial charge in [-0.2, -0.15) is 0 Å². The molecule has 0 spiro atoms. The van der Waals surface area contributed by atoms with Gasteiger partial charge in [0.2, 0.25) is 0 Å². The van der Waals surface area contributed by atoms with E-state index < -0.39 is 0 Å². The van der Waals surface area contributed by atoms with Crippen molar-refractivity contribution >= 4 is 0 Å². The summed E-state index contributed by atoms with van der Waals surface area (Å²) in [5, 5.41) is 0. The molecule has 0 atom stereocenters. The summed E-state index contributed by atoms with van der Waals surface area (Å²) in [4.78, 5) is 1.45. The van der Waals surface area contributed by atoms with E-state index in [-0.39, 0.29) is 0 Å². The van der Waals surface area contributed by atoms with Gasteiger partial charge in [-0.05, 0) is 18.6 Å². The first-order valence-electron chi connectivity index (χ1n) is 6.87. The highest BCUT2D eigenvalue weighted by atomic mass is 16.5. The van der Waals surface area contributed by atoms with Crippen molar-refractivity contribution in [1.29, 1.82) is 0 Å². The minimum absolute atomic E-state index is 0.749. The molecule has 102 valence electrons. The average Bonchev–Trinajstić information content (AvgIpc) is 2.36. The van der Waals surface area contributed by atoms with Crippen molar-refractivity contribution < 1.29 is 14.4 Å². The van der Waals surface area contributed by atoms with Crippen LogP contribution in [0.1, 0.15) is 26.2 Å². The zero-order valence-electron chi connectivity index (χ0n) is 11.9. The number of ether oxygens (including phenoxy) is 2. The van der Waals surface area contributed by atoms with E-state index in [1.807, 2.05) is 24.3 Å². The Morgan fingerprint density at radius 1 is 0.944 bits per heavy atom. The van der Waals surface area contributed by atoms with Crippen molar-refractivity contribution in [3.8, 4) is 11.5 Å². The zero-order chi connectivity index (χ0) is 13.2. The van der Waals surface area contributed by atoms with Crippen LogP contribution < -0.4 is 14.4 Å². The van der Waals surface area contributed by atoms with Gasteiger partial charge in [0.25, 0.3) is 0 Å². The molecule has 1 N–H and O–H groups in total. The molecule has 3 heteroatoms. The van der Waals surface area contributed by atoms with Crippen LogP contribution in [-0.4, -0.2) is 33.9 Å². The second-order valence-electron chi connectivity index (χ2n) is 4.81. The van der Waals surface area contributed by atoms with Gasteiger partial charge in [0.1, 0.15) is 0 Å². The molecule has 0 unspecified atom stereocenters. The van der Waals surface area contributed by atoms with Crippen molar-refractivity contribution in [3.05, 3.63) is 24.3 Å². The summed E-state index contributed by atoms with van der Waals surface area (Å²) in [6.45, 7) is 4.80. The lowest BCUT2D eigenvalue weighted by atomic mass is 10.3. The van der Waals surface area contributed by atoms with Gasteiger partial charge in [0, 0.05) is 6.42 Å². The number of quaternary nitrogens is 1. The fourth-order valence-corrected chi connectivity index (χ4v) is 1.62. The highest BCUT2D eigenvalue weighted by Gasteiger charge is 2.04. The lowest BCUT2D eigenvalue weighted by Gasteiger charge is -2.13. The van der Waals surface area contributed by atoms with E-state index in [0.29, 0.717) is 0 Å². The average molecular weight is 252 g/mol. The Kier molecular flexibility index (Phi) is 7.26. The molecule has 0 saturated carbocycles. The van der Waals surface area contributed by atoms with Gasteiger partial charge in [-0.25, -0.2) is 0 Å². The maximum atomic E-state index is 5.78. The summed E-state index contributed by atoms with van der Waals surface area (Å²) < 4.78 is 11.5. The van der Waals surface area contributed by atoms with Gasteiger partial charge in [-0.3, -0.25) is 0 Å². The van der Waals surface area contributed by atoms with Gasteiger partial charge in [0.05, 0.1) is 33.9 Å². The van der Waals surface area contributed by atoms with E-state index in [1.54, 1.807) is 0 Å². The minimum atomic E-state index is 0.749. The van der Waals surface area contributed by atoms with E-state index >= 15 is 0 Å². The Morgan fingerprint density at radius 3 is 2.00 bits per heavy atom. The number of rotatable bonds is 9. The van der Waals surface area contributed by atoms with Crippen LogP contribution in [0, 0.1) is 0 Å². The quantitative estimate of drug-likeness (QED) is 0.677. The predicted octanol–water partition coefficient (Wildman–Crippen LogP) is 1.78. The van der Waals surface area contributed by atoms with Crippen LogP contribution in [0.25, 0.3) is 0 Å². The molecular formula is C15H26NO2+. The second kappa shape index (κ2) is 8.81. The van der Waals surface area contributed by atoms with Gasteiger partial charge in [-0.15, -0.1) is 0 Å². The number of para-hydroxylation sites is 2.